The second kappa shape index (κ2) is 8.69. The minimum Gasteiger partial charge on any atom is -0.484 e. The first-order valence-corrected chi connectivity index (χ1v) is 8.87. The number of nitrogens with one attached hydrogen (secondary N) is 1. The highest BCUT2D eigenvalue weighted by Crippen LogP contribution is 2.23. The van der Waals surface area contributed by atoms with Gasteiger partial charge in [0.05, 0.1) is 0 Å². The van der Waals surface area contributed by atoms with Crippen LogP contribution in [-0.2, 0) is 9.59 Å². The van der Waals surface area contributed by atoms with Gasteiger partial charge in [0.15, 0.2) is 6.61 Å². The maximum atomic E-state index is 12.4. The Morgan fingerprint density at radius 1 is 1.19 bits per heavy atom. The fourth-order valence-corrected chi connectivity index (χ4v) is 3.18. The van der Waals surface area contributed by atoms with Gasteiger partial charge >= 0.3 is 5.97 Å². The first-order valence-electron chi connectivity index (χ1n) is 8.87. The molecular weight excluding hydrogens is 336 g/mol. The van der Waals surface area contributed by atoms with E-state index in [-0.39, 0.29) is 24.6 Å². The number of hydrogen-bond acceptors (Lipinski definition) is 4. The number of carboxylic acids is 1. The lowest BCUT2D eigenvalue weighted by atomic mass is 9.97. The van der Waals surface area contributed by atoms with Gasteiger partial charge in [-0.25, -0.2) is 0 Å². The molecule has 1 saturated heterocycles. The molecule has 0 aromatic heterocycles. The van der Waals surface area contributed by atoms with Crippen molar-refractivity contribution in [1.82, 2.24) is 10.2 Å². The lowest BCUT2D eigenvalue weighted by Crippen LogP contribution is -2.49. The zero-order valence-electron chi connectivity index (χ0n) is 15.4. The first kappa shape index (κ1) is 19.8. The summed E-state index contributed by atoms with van der Waals surface area (Å²) in [5, 5.41) is 11.2. The van der Waals surface area contributed by atoms with Gasteiger partial charge in [-0.3, -0.25) is 14.4 Å². The molecule has 7 nitrogen and oxygen atoms in total. The third-order valence-corrected chi connectivity index (χ3v) is 4.68. The van der Waals surface area contributed by atoms with Crippen LogP contribution >= 0.6 is 0 Å². The van der Waals surface area contributed by atoms with Crippen molar-refractivity contribution in [3.8, 4) is 5.75 Å². The molecule has 0 saturated carbocycles. The predicted octanol–water partition coefficient (Wildman–Crippen LogP) is 2.06. The normalized spacial score (nSPS) is 21.0. The van der Waals surface area contributed by atoms with Crippen molar-refractivity contribution in [2.75, 3.05) is 6.61 Å². The van der Waals surface area contributed by atoms with Crippen LogP contribution in [0.25, 0.3) is 0 Å². The minimum atomic E-state index is -1.10. The van der Waals surface area contributed by atoms with Crippen molar-refractivity contribution >= 4 is 17.8 Å². The van der Waals surface area contributed by atoms with Gasteiger partial charge < -0.3 is 20.1 Å². The number of nitrogens with zero attached hydrogens (tertiary/aromatic N) is 1. The maximum Gasteiger partial charge on any atom is 0.325 e. The number of piperidine rings is 1. The van der Waals surface area contributed by atoms with E-state index in [4.69, 9.17) is 9.84 Å². The highest BCUT2D eigenvalue weighted by molar-refractivity contribution is 5.96. The average Bonchev–Trinajstić information content (AvgIpc) is 2.60. The van der Waals surface area contributed by atoms with Crippen LogP contribution in [0, 0.1) is 0 Å². The Labute approximate surface area is 153 Å². The van der Waals surface area contributed by atoms with Crippen LogP contribution in [0.15, 0.2) is 24.3 Å². The van der Waals surface area contributed by atoms with Crippen molar-refractivity contribution in [1.29, 1.82) is 0 Å². The van der Waals surface area contributed by atoms with Gasteiger partial charge in [0.25, 0.3) is 11.8 Å². The average molecular weight is 362 g/mol. The van der Waals surface area contributed by atoms with Crippen molar-refractivity contribution in [2.45, 2.75) is 58.2 Å². The van der Waals surface area contributed by atoms with Gasteiger partial charge in [-0.1, -0.05) is 0 Å². The van der Waals surface area contributed by atoms with Crippen molar-refractivity contribution in [3.05, 3.63) is 29.8 Å². The number of benzene rings is 1. The Morgan fingerprint density at radius 2 is 1.77 bits per heavy atom. The van der Waals surface area contributed by atoms with Gasteiger partial charge in [0.1, 0.15) is 11.8 Å². The summed E-state index contributed by atoms with van der Waals surface area (Å²) in [6, 6.07) is 5.73. The van der Waals surface area contributed by atoms with Crippen molar-refractivity contribution in [3.63, 3.8) is 0 Å². The Morgan fingerprint density at radius 3 is 2.31 bits per heavy atom. The molecule has 0 aliphatic carbocycles. The molecule has 2 rings (SSSR count). The number of ether oxygens (including phenoxy) is 1. The number of amides is 2. The van der Waals surface area contributed by atoms with Gasteiger partial charge in [-0.05, 0) is 64.3 Å². The molecule has 1 aliphatic heterocycles. The molecule has 0 radical (unpaired) electrons. The molecule has 2 amide bonds. The summed E-state index contributed by atoms with van der Waals surface area (Å²) >= 11 is 0. The fourth-order valence-electron chi connectivity index (χ4n) is 3.18. The molecular formula is C19H26N2O5. The molecule has 1 aromatic carbocycles. The topological polar surface area (TPSA) is 95.9 Å². The van der Waals surface area contributed by atoms with E-state index in [0.717, 1.165) is 19.3 Å². The number of likely N-dealkylation sites (tertiary alicyclic amines) is 1. The number of carbonyl (C=O) groups is 3. The quantitative estimate of drug-likeness (QED) is 0.807. The predicted molar refractivity (Wildman–Crippen MR) is 96.1 cm³/mol. The molecule has 26 heavy (non-hydrogen) atoms. The maximum absolute atomic E-state index is 12.4. The Hall–Kier alpha value is -2.57. The van der Waals surface area contributed by atoms with Crippen molar-refractivity contribution in [2.24, 2.45) is 0 Å². The first-order chi connectivity index (χ1) is 12.3. The van der Waals surface area contributed by atoms with E-state index in [1.165, 1.54) is 19.1 Å². The molecule has 1 heterocycles. The molecule has 1 aliphatic rings. The molecule has 2 N–H and O–H groups in total. The summed E-state index contributed by atoms with van der Waals surface area (Å²) in [5.41, 5.74) is 0.329. The lowest BCUT2D eigenvalue weighted by Gasteiger charge is -2.38. The smallest absolute Gasteiger partial charge is 0.325 e. The molecule has 7 heteroatoms. The van der Waals surface area contributed by atoms with E-state index in [1.807, 2.05) is 4.90 Å². The zero-order valence-corrected chi connectivity index (χ0v) is 15.4. The highest BCUT2D eigenvalue weighted by Gasteiger charge is 2.29. The van der Waals surface area contributed by atoms with E-state index < -0.39 is 17.9 Å². The molecule has 3 atom stereocenters. The summed E-state index contributed by atoms with van der Waals surface area (Å²) < 4.78 is 5.55. The zero-order chi connectivity index (χ0) is 19.3. The number of aliphatic carboxylic acids is 1. The second-order valence-electron chi connectivity index (χ2n) is 6.78. The van der Waals surface area contributed by atoms with E-state index in [9.17, 15) is 14.4 Å². The van der Waals surface area contributed by atoms with Crippen LogP contribution in [-0.4, -0.2) is 52.5 Å². The fraction of sp³-hybridized carbons (Fsp3) is 0.526. The Balaban J connectivity index is 1.90. The van der Waals surface area contributed by atoms with Crippen LogP contribution in [0.3, 0.4) is 0 Å². The van der Waals surface area contributed by atoms with Gasteiger partial charge in [0, 0.05) is 17.6 Å². The van der Waals surface area contributed by atoms with Gasteiger partial charge in [-0.15, -0.1) is 0 Å². The lowest BCUT2D eigenvalue weighted by molar-refractivity contribution is -0.140. The third-order valence-electron chi connectivity index (χ3n) is 4.68. The number of hydrogen-bond donors (Lipinski definition) is 2. The molecule has 1 aromatic rings. The standard InChI is InChI=1S/C19H26N2O5/c1-12-5-4-6-13(2)21(12)17(22)11-26-16-9-7-15(8-10-16)18(23)20-14(3)19(24)25/h7-10,12-14H,4-6,11H2,1-3H3,(H,20,23)(H,24,25). The molecule has 0 spiro atoms. The van der Waals surface area contributed by atoms with Crippen LogP contribution in [0.5, 0.6) is 5.75 Å². The SMILES string of the molecule is CC(NC(=O)c1ccc(OCC(=O)N2C(C)CCCC2C)cc1)C(=O)O. The number of carboxylic acid groups (broad SMARTS) is 1. The number of carbonyl (C=O) groups excluding carboxylic acids is 2. The van der Waals surface area contributed by atoms with E-state index in [0.29, 0.717) is 11.3 Å². The molecule has 0 bridgehead atoms. The van der Waals surface area contributed by atoms with E-state index in [1.54, 1.807) is 12.1 Å². The second-order valence-corrected chi connectivity index (χ2v) is 6.78. The summed E-state index contributed by atoms with van der Waals surface area (Å²) in [6.07, 6.45) is 3.15. The summed E-state index contributed by atoms with van der Waals surface area (Å²) in [7, 11) is 0. The Bertz CT molecular complexity index is 648. The van der Waals surface area contributed by atoms with E-state index in [2.05, 4.69) is 19.2 Å². The van der Waals surface area contributed by atoms with Crippen molar-refractivity contribution < 1.29 is 24.2 Å². The van der Waals surface area contributed by atoms with Crippen LogP contribution in [0.4, 0.5) is 0 Å². The highest BCUT2D eigenvalue weighted by atomic mass is 16.5. The van der Waals surface area contributed by atoms with Gasteiger partial charge in [0.2, 0.25) is 0 Å². The minimum absolute atomic E-state index is 0.0400. The van der Waals surface area contributed by atoms with Crippen LogP contribution in [0.2, 0.25) is 0 Å². The molecule has 1 fully saturated rings. The molecule has 142 valence electrons. The third kappa shape index (κ3) is 4.97. The Kier molecular flexibility index (Phi) is 6.60. The monoisotopic (exact) mass is 362 g/mol. The van der Waals surface area contributed by atoms with Crippen LogP contribution < -0.4 is 10.1 Å². The van der Waals surface area contributed by atoms with Gasteiger partial charge in [-0.2, -0.15) is 0 Å². The summed E-state index contributed by atoms with van der Waals surface area (Å²) in [6.45, 7) is 5.46. The van der Waals surface area contributed by atoms with E-state index >= 15 is 0 Å². The summed E-state index contributed by atoms with van der Waals surface area (Å²) in [4.78, 5) is 37.0. The molecule has 3 unspecified atom stereocenters. The summed E-state index contributed by atoms with van der Waals surface area (Å²) in [5.74, 6) is -1.13. The number of rotatable bonds is 6. The van der Waals surface area contributed by atoms with Crippen LogP contribution in [0.1, 0.15) is 50.4 Å². The largest absolute Gasteiger partial charge is 0.484 e.